The lowest BCUT2D eigenvalue weighted by atomic mass is 10.0. The van der Waals surface area contributed by atoms with Crippen LogP contribution in [-0.4, -0.2) is 4.33 Å². The average Bonchev–Trinajstić information content (AvgIpc) is 2.84. The predicted molar refractivity (Wildman–Crippen MR) is 58.2 cm³/mol. The van der Waals surface area contributed by atoms with E-state index in [9.17, 15) is 26.3 Å². The van der Waals surface area contributed by atoms with Gasteiger partial charge in [-0.1, -0.05) is 0 Å². The Kier molecular flexibility index (Phi) is 3.26. The zero-order valence-electron chi connectivity index (χ0n) is 9.04. The molecule has 0 bridgehead atoms. The van der Waals surface area contributed by atoms with Crippen molar-refractivity contribution in [2.24, 2.45) is 0 Å². The molecule has 0 aliphatic heterocycles. The van der Waals surface area contributed by atoms with Gasteiger partial charge in [-0.25, -0.2) is 0 Å². The van der Waals surface area contributed by atoms with Crippen molar-refractivity contribution in [1.82, 2.24) is 0 Å². The normalized spacial score (nSPS) is 22.4. The van der Waals surface area contributed by atoms with Crippen LogP contribution in [0.15, 0.2) is 18.2 Å². The van der Waals surface area contributed by atoms with Crippen LogP contribution < -0.4 is 0 Å². The molecule has 1 fully saturated rings. The topological polar surface area (TPSA) is 0 Å². The van der Waals surface area contributed by atoms with Crippen LogP contribution >= 0.6 is 23.2 Å². The molecule has 106 valence electrons. The second kappa shape index (κ2) is 4.19. The van der Waals surface area contributed by atoms with Crippen molar-refractivity contribution >= 4 is 23.2 Å². The highest BCUT2D eigenvalue weighted by atomic mass is 35.5. The molecule has 0 radical (unpaired) electrons. The monoisotopic (exact) mass is 322 g/mol. The average molecular weight is 323 g/mol. The van der Waals surface area contributed by atoms with Crippen LogP contribution in [-0.2, 0) is 12.4 Å². The minimum absolute atomic E-state index is 0.0794. The number of halogens is 8. The molecular formula is C11H6Cl2F6. The molecule has 0 N–H and O–H groups in total. The number of benzene rings is 1. The van der Waals surface area contributed by atoms with Crippen molar-refractivity contribution < 1.29 is 26.3 Å². The highest BCUT2D eigenvalue weighted by molar-refractivity contribution is 6.51. The Balaban J connectivity index is 2.51. The summed E-state index contributed by atoms with van der Waals surface area (Å²) in [5.74, 6) is -0.709. The van der Waals surface area contributed by atoms with E-state index in [1.807, 2.05) is 0 Å². The largest absolute Gasteiger partial charge is 0.416 e. The van der Waals surface area contributed by atoms with Gasteiger partial charge < -0.3 is 0 Å². The lowest BCUT2D eigenvalue weighted by molar-refractivity contribution is -0.143. The van der Waals surface area contributed by atoms with E-state index in [1.54, 1.807) is 0 Å². The summed E-state index contributed by atoms with van der Waals surface area (Å²) in [7, 11) is 0. The maximum absolute atomic E-state index is 12.6. The third-order valence-corrected chi connectivity index (χ3v) is 3.67. The van der Waals surface area contributed by atoms with Crippen molar-refractivity contribution in [3.05, 3.63) is 34.9 Å². The second-order valence-electron chi connectivity index (χ2n) is 4.36. The maximum atomic E-state index is 12.6. The summed E-state index contributed by atoms with van der Waals surface area (Å²) < 4.78 is 74.2. The molecule has 1 aromatic carbocycles. The quantitative estimate of drug-likeness (QED) is 0.480. The molecule has 0 nitrogen and oxygen atoms in total. The van der Waals surface area contributed by atoms with E-state index < -0.39 is 33.7 Å². The fraction of sp³-hybridized carbons (Fsp3) is 0.455. The van der Waals surface area contributed by atoms with Crippen LogP contribution in [0.1, 0.15) is 29.0 Å². The number of hydrogen-bond acceptors (Lipinski definition) is 0. The molecule has 1 atom stereocenters. The minimum atomic E-state index is -4.85. The van der Waals surface area contributed by atoms with Gasteiger partial charge in [0.2, 0.25) is 0 Å². The van der Waals surface area contributed by atoms with E-state index in [-0.39, 0.29) is 18.1 Å². The fourth-order valence-corrected chi connectivity index (χ4v) is 2.32. The van der Waals surface area contributed by atoms with Crippen molar-refractivity contribution in [2.75, 3.05) is 0 Å². The molecule has 0 spiro atoms. The van der Waals surface area contributed by atoms with Gasteiger partial charge in [0.05, 0.1) is 11.1 Å². The van der Waals surface area contributed by atoms with Crippen LogP contribution in [0.5, 0.6) is 0 Å². The second-order valence-corrected chi connectivity index (χ2v) is 5.90. The third-order valence-electron chi connectivity index (χ3n) is 2.84. The van der Waals surface area contributed by atoms with Gasteiger partial charge >= 0.3 is 12.4 Å². The highest BCUT2D eigenvalue weighted by Gasteiger charge is 2.53. The van der Waals surface area contributed by atoms with Crippen LogP contribution in [0.3, 0.4) is 0 Å². The molecule has 0 saturated heterocycles. The molecule has 0 amide bonds. The smallest absolute Gasteiger partial charge is 0.166 e. The molecule has 8 heteroatoms. The Labute approximate surface area is 114 Å². The Hall–Kier alpha value is -0.620. The highest BCUT2D eigenvalue weighted by Crippen LogP contribution is 2.60. The number of hydrogen-bond donors (Lipinski definition) is 0. The fourth-order valence-electron chi connectivity index (χ4n) is 1.76. The Morgan fingerprint density at radius 3 is 1.53 bits per heavy atom. The molecular weight excluding hydrogens is 317 g/mol. The molecule has 1 aliphatic carbocycles. The maximum Gasteiger partial charge on any atom is 0.416 e. The first-order valence-corrected chi connectivity index (χ1v) is 5.84. The lowest BCUT2D eigenvalue weighted by Gasteiger charge is -2.14. The van der Waals surface area contributed by atoms with Gasteiger partial charge in [-0.05, 0) is 30.2 Å². The zero-order chi connectivity index (χ0) is 14.6. The summed E-state index contributed by atoms with van der Waals surface area (Å²) >= 11 is 11.4. The van der Waals surface area contributed by atoms with E-state index in [1.165, 1.54) is 0 Å². The van der Waals surface area contributed by atoms with Gasteiger partial charge in [-0.2, -0.15) is 26.3 Å². The van der Waals surface area contributed by atoms with Gasteiger partial charge in [0, 0.05) is 5.92 Å². The summed E-state index contributed by atoms with van der Waals surface area (Å²) in [6.45, 7) is 0. The van der Waals surface area contributed by atoms with Crippen LogP contribution in [0.25, 0.3) is 0 Å². The van der Waals surface area contributed by atoms with Crippen LogP contribution in [0.2, 0.25) is 0 Å². The lowest BCUT2D eigenvalue weighted by Crippen LogP contribution is -2.12. The summed E-state index contributed by atoms with van der Waals surface area (Å²) in [5.41, 5.74) is -2.85. The number of rotatable bonds is 1. The summed E-state index contributed by atoms with van der Waals surface area (Å²) in [6.07, 6.45) is -9.58. The van der Waals surface area contributed by atoms with Gasteiger partial charge in [0.15, 0.2) is 0 Å². The Morgan fingerprint density at radius 1 is 0.895 bits per heavy atom. The summed E-state index contributed by atoms with van der Waals surface area (Å²) in [6, 6.07) is 1.40. The summed E-state index contributed by atoms with van der Waals surface area (Å²) in [5, 5.41) is 0. The van der Waals surface area contributed by atoms with E-state index in [0.29, 0.717) is 12.1 Å². The van der Waals surface area contributed by atoms with E-state index >= 15 is 0 Å². The minimum Gasteiger partial charge on any atom is -0.166 e. The van der Waals surface area contributed by atoms with Crippen LogP contribution in [0.4, 0.5) is 26.3 Å². The van der Waals surface area contributed by atoms with Gasteiger partial charge in [0.25, 0.3) is 0 Å². The standard InChI is InChI=1S/C11H6Cl2F6/c12-9(13)4-8(9)5-1-6(10(14,15)16)3-7(2-5)11(17,18)19/h1-3,8H,4H2. The van der Waals surface area contributed by atoms with E-state index in [4.69, 9.17) is 23.2 Å². The predicted octanol–water partition coefficient (Wildman–Crippen LogP) is 5.39. The summed E-state index contributed by atoms with van der Waals surface area (Å²) in [4.78, 5) is 0. The molecule has 1 saturated carbocycles. The van der Waals surface area contributed by atoms with E-state index in [2.05, 4.69) is 0 Å². The van der Waals surface area contributed by atoms with Gasteiger partial charge in [-0.3, -0.25) is 0 Å². The zero-order valence-corrected chi connectivity index (χ0v) is 10.6. The van der Waals surface area contributed by atoms with Crippen molar-refractivity contribution in [1.29, 1.82) is 0 Å². The first-order chi connectivity index (χ1) is 8.41. The Bertz CT molecular complexity index is 471. The number of alkyl halides is 8. The molecule has 0 heterocycles. The van der Waals surface area contributed by atoms with Crippen molar-refractivity contribution in [2.45, 2.75) is 29.0 Å². The molecule has 0 aromatic heterocycles. The van der Waals surface area contributed by atoms with Gasteiger partial charge in [0.1, 0.15) is 4.33 Å². The van der Waals surface area contributed by atoms with E-state index in [0.717, 1.165) is 0 Å². The molecule has 1 aromatic rings. The first-order valence-electron chi connectivity index (χ1n) is 5.08. The third kappa shape index (κ3) is 3.11. The Morgan fingerprint density at radius 2 is 1.26 bits per heavy atom. The van der Waals surface area contributed by atoms with Crippen molar-refractivity contribution in [3.8, 4) is 0 Å². The molecule has 19 heavy (non-hydrogen) atoms. The van der Waals surface area contributed by atoms with Crippen LogP contribution in [0, 0.1) is 0 Å². The molecule has 1 aliphatic rings. The van der Waals surface area contributed by atoms with Crippen molar-refractivity contribution in [3.63, 3.8) is 0 Å². The molecule has 2 rings (SSSR count). The SMILES string of the molecule is FC(F)(F)c1cc(C2CC2(Cl)Cl)cc(C(F)(F)F)c1. The first kappa shape index (κ1) is 14.8. The van der Waals surface area contributed by atoms with Gasteiger partial charge in [-0.15, -0.1) is 23.2 Å². The molecule has 1 unspecified atom stereocenters.